The molecule has 2 atom stereocenters. The summed E-state index contributed by atoms with van der Waals surface area (Å²) >= 11 is 7.29. The summed E-state index contributed by atoms with van der Waals surface area (Å²) in [5.74, 6) is 0.294. The van der Waals surface area contributed by atoms with Crippen molar-refractivity contribution in [1.29, 1.82) is 0 Å². The third kappa shape index (κ3) is 1.64. The Balaban J connectivity index is 2.54. The largest absolute Gasteiger partial charge is 0.387 e. The molecule has 0 aliphatic carbocycles. The zero-order valence-electron chi connectivity index (χ0n) is 7.63. The molecule has 0 bridgehead atoms. The number of hydrogen-bond acceptors (Lipinski definition) is 2. The average molecular weight is 233 g/mol. The second-order valence-corrected chi connectivity index (χ2v) is 5.22. The van der Waals surface area contributed by atoms with Gasteiger partial charge in [-0.1, -0.05) is 18.5 Å². The maximum Gasteiger partial charge on any atom is 0.129 e. The van der Waals surface area contributed by atoms with Crippen LogP contribution in [0.15, 0.2) is 12.1 Å². The summed E-state index contributed by atoms with van der Waals surface area (Å²) in [6.45, 7) is 1.93. The van der Waals surface area contributed by atoms with Gasteiger partial charge in [0.15, 0.2) is 0 Å². The highest BCUT2D eigenvalue weighted by atomic mass is 35.5. The first kappa shape index (κ1) is 10.3. The quantitative estimate of drug-likeness (QED) is 0.742. The summed E-state index contributed by atoms with van der Waals surface area (Å²) in [4.78, 5) is 0. The van der Waals surface area contributed by atoms with E-state index in [9.17, 15) is 9.50 Å². The Kier molecular flexibility index (Phi) is 2.73. The van der Waals surface area contributed by atoms with E-state index in [0.717, 1.165) is 0 Å². The minimum atomic E-state index is -0.614. The first-order valence-corrected chi connectivity index (χ1v) is 5.79. The summed E-state index contributed by atoms with van der Waals surface area (Å²) in [6, 6.07) is 2.95. The summed E-state index contributed by atoms with van der Waals surface area (Å²) in [6.07, 6.45) is -0.614. The molecule has 0 radical (unpaired) electrons. The predicted molar refractivity (Wildman–Crippen MR) is 57.1 cm³/mol. The van der Waals surface area contributed by atoms with E-state index in [1.807, 2.05) is 6.92 Å². The van der Waals surface area contributed by atoms with Gasteiger partial charge in [0.25, 0.3) is 0 Å². The molecular weight excluding hydrogens is 223 g/mol. The first-order chi connectivity index (χ1) is 6.59. The summed E-state index contributed by atoms with van der Waals surface area (Å²) in [7, 11) is 0. The van der Waals surface area contributed by atoms with Gasteiger partial charge in [0.2, 0.25) is 0 Å². The van der Waals surface area contributed by atoms with Crippen molar-refractivity contribution in [2.75, 3.05) is 0 Å². The van der Waals surface area contributed by atoms with Crippen molar-refractivity contribution in [2.24, 2.45) is 0 Å². The molecule has 0 saturated carbocycles. The summed E-state index contributed by atoms with van der Waals surface area (Å²) in [5, 5.41) is 10.3. The molecular formula is C10H10ClFOS. The third-order valence-corrected chi connectivity index (χ3v) is 3.91. The SMILES string of the molecule is CC1SCc2c(F)cc(Cl)cc2C1O. The van der Waals surface area contributed by atoms with Crippen LogP contribution in [0.3, 0.4) is 0 Å². The standard InChI is InChI=1S/C10H10ClFOS/c1-5-10(13)7-2-6(11)3-9(12)8(7)4-14-5/h2-3,5,10,13H,4H2,1H3. The summed E-state index contributed by atoms with van der Waals surface area (Å²) < 4.78 is 13.4. The average Bonchev–Trinajstić information content (AvgIpc) is 2.12. The molecule has 2 rings (SSSR count). The van der Waals surface area contributed by atoms with Crippen LogP contribution in [-0.2, 0) is 5.75 Å². The number of aliphatic hydroxyl groups excluding tert-OH is 1. The van der Waals surface area contributed by atoms with Crippen LogP contribution >= 0.6 is 23.4 Å². The lowest BCUT2D eigenvalue weighted by Crippen LogP contribution is -2.19. The molecule has 4 heteroatoms. The Morgan fingerprint density at radius 2 is 2.29 bits per heavy atom. The maximum atomic E-state index is 13.4. The van der Waals surface area contributed by atoms with Gasteiger partial charge in [-0.15, -0.1) is 0 Å². The van der Waals surface area contributed by atoms with Crippen LogP contribution in [0, 0.1) is 5.82 Å². The highest BCUT2D eigenvalue weighted by Gasteiger charge is 2.27. The molecule has 0 aromatic heterocycles. The lowest BCUT2D eigenvalue weighted by molar-refractivity contribution is 0.176. The predicted octanol–water partition coefficient (Wildman–Crippen LogP) is 3.15. The molecule has 76 valence electrons. The van der Waals surface area contributed by atoms with E-state index in [0.29, 0.717) is 21.9 Å². The number of hydrogen-bond donors (Lipinski definition) is 1. The molecule has 0 saturated heterocycles. The number of aliphatic hydroxyl groups is 1. The van der Waals surface area contributed by atoms with Crippen molar-refractivity contribution in [2.45, 2.75) is 24.0 Å². The molecule has 14 heavy (non-hydrogen) atoms. The van der Waals surface area contributed by atoms with E-state index in [4.69, 9.17) is 11.6 Å². The third-order valence-electron chi connectivity index (χ3n) is 2.45. The molecule has 1 N–H and O–H groups in total. The van der Waals surface area contributed by atoms with Gasteiger partial charge in [-0.05, 0) is 17.7 Å². The van der Waals surface area contributed by atoms with Crippen LogP contribution in [0.2, 0.25) is 5.02 Å². The van der Waals surface area contributed by atoms with Crippen molar-refractivity contribution in [3.05, 3.63) is 34.1 Å². The molecule has 1 aromatic rings. The van der Waals surface area contributed by atoms with Gasteiger partial charge >= 0.3 is 0 Å². The van der Waals surface area contributed by atoms with Crippen molar-refractivity contribution in [1.82, 2.24) is 0 Å². The molecule has 1 heterocycles. The normalized spacial score (nSPS) is 26.0. The van der Waals surface area contributed by atoms with Crippen LogP contribution in [0.4, 0.5) is 4.39 Å². The number of fused-ring (bicyclic) bond motifs is 1. The fraction of sp³-hybridized carbons (Fsp3) is 0.400. The van der Waals surface area contributed by atoms with E-state index >= 15 is 0 Å². The minimum absolute atomic E-state index is 0.0976. The van der Waals surface area contributed by atoms with Crippen LogP contribution in [0.1, 0.15) is 24.2 Å². The Morgan fingerprint density at radius 1 is 1.57 bits per heavy atom. The van der Waals surface area contributed by atoms with E-state index in [-0.39, 0.29) is 11.1 Å². The molecule has 1 aliphatic rings. The number of thioether (sulfide) groups is 1. The lowest BCUT2D eigenvalue weighted by Gasteiger charge is -2.27. The zero-order chi connectivity index (χ0) is 10.3. The smallest absolute Gasteiger partial charge is 0.129 e. The highest BCUT2D eigenvalue weighted by molar-refractivity contribution is 7.99. The Hall–Kier alpha value is -0.250. The van der Waals surface area contributed by atoms with Crippen molar-refractivity contribution in [3.63, 3.8) is 0 Å². The van der Waals surface area contributed by atoms with E-state index in [1.165, 1.54) is 6.07 Å². The number of rotatable bonds is 0. The van der Waals surface area contributed by atoms with E-state index in [1.54, 1.807) is 17.8 Å². The van der Waals surface area contributed by atoms with Gasteiger partial charge in [-0.2, -0.15) is 11.8 Å². The maximum absolute atomic E-state index is 13.4. The van der Waals surface area contributed by atoms with Gasteiger partial charge in [0.05, 0.1) is 6.10 Å². The Labute approximate surface area is 91.3 Å². The van der Waals surface area contributed by atoms with Crippen molar-refractivity contribution < 1.29 is 9.50 Å². The van der Waals surface area contributed by atoms with Gasteiger partial charge in [0.1, 0.15) is 5.82 Å². The molecule has 0 fully saturated rings. The second kappa shape index (κ2) is 3.72. The Morgan fingerprint density at radius 3 is 3.00 bits per heavy atom. The van der Waals surface area contributed by atoms with Crippen LogP contribution in [0.25, 0.3) is 0 Å². The fourth-order valence-corrected chi connectivity index (χ4v) is 2.87. The van der Waals surface area contributed by atoms with Crippen LogP contribution < -0.4 is 0 Å². The van der Waals surface area contributed by atoms with Gasteiger partial charge < -0.3 is 5.11 Å². The molecule has 0 amide bonds. The highest BCUT2D eigenvalue weighted by Crippen LogP contribution is 2.39. The topological polar surface area (TPSA) is 20.2 Å². The summed E-state index contributed by atoms with van der Waals surface area (Å²) in [5.41, 5.74) is 1.23. The second-order valence-electron chi connectivity index (χ2n) is 3.42. The zero-order valence-corrected chi connectivity index (χ0v) is 9.20. The molecule has 0 spiro atoms. The van der Waals surface area contributed by atoms with Crippen LogP contribution in [-0.4, -0.2) is 10.4 Å². The van der Waals surface area contributed by atoms with E-state index in [2.05, 4.69) is 0 Å². The molecule has 1 aromatic carbocycles. The van der Waals surface area contributed by atoms with Crippen molar-refractivity contribution >= 4 is 23.4 Å². The first-order valence-electron chi connectivity index (χ1n) is 4.37. The van der Waals surface area contributed by atoms with Crippen LogP contribution in [0.5, 0.6) is 0 Å². The molecule has 1 nitrogen and oxygen atoms in total. The molecule has 1 aliphatic heterocycles. The molecule has 2 unspecified atom stereocenters. The fourth-order valence-electron chi connectivity index (χ4n) is 1.60. The minimum Gasteiger partial charge on any atom is -0.387 e. The van der Waals surface area contributed by atoms with Gasteiger partial charge in [0, 0.05) is 21.6 Å². The van der Waals surface area contributed by atoms with E-state index < -0.39 is 6.10 Å². The Bertz CT molecular complexity index is 369. The number of benzene rings is 1. The van der Waals surface area contributed by atoms with Gasteiger partial charge in [-0.3, -0.25) is 0 Å². The van der Waals surface area contributed by atoms with Crippen molar-refractivity contribution in [3.8, 4) is 0 Å². The lowest BCUT2D eigenvalue weighted by atomic mass is 10.0. The van der Waals surface area contributed by atoms with Gasteiger partial charge in [-0.25, -0.2) is 4.39 Å². The monoisotopic (exact) mass is 232 g/mol. The number of halogens is 2.